The lowest BCUT2D eigenvalue weighted by Crippen LogP contribution is -2.21. The standard InChI is InChI=1S/C23H26N6/c1-2-5-17(21-18-6-3-4-7-20(18)25-14-26-21)12-16-9-11-29(13-16)23-19-8-10-24-22(19)27-15-28-23/h3-4,6-8,10,14-17H,2,5,9,11-13H2,1H3,(H,24,27,28). The van der Waals surface area contributed by atoms with E-state index in [9.17, 15) is 0 Å². The summed E-state index contributed by atoms with van der Waals surface area (Å²) in [7, 11) is 0. The SMILES string of the molecule is CCCC(CC1CCN(c2ncnc3[nH]ccc23)C1)c1ncnc2ccccc12. The van der Waals surface area contributed by atoms with Crippen molar-refractivity contribution in [2.45, 2.75) is 38.5 Å². The lowest BCUT2D eigenvalue weighted by atomic mass is 9.86. The van der Waals surface area contributed by atoms with E-state index in [1.165, 1.54) is 17.5 Å². The van der Waals surface area contributed by atoms with Crippen LogP contribution in [0.4, 0.5) is 5.82 Å². The third-order valence-electron chi connectivity index (χ3n) is 6.13. The lowest BCUT2D eigenvalue weighted by Gasteiger charge is -2.22. The first kappa shape index (κ1) is 18.0. The van der Waals surface area contributed by atoms with Gasteiger partial charge in [0.2, 0.25) is 0 Å². The number of aromatic amines is 1. The van der Waals surface area contributed by atoms with E-state index in [-0.39, 0.29) is 0 Å². The van der Waals surface area contributed by atoms with E-state index in [4.69, 9.17) is 4.98 Å². The third kappa shape index (κ3) is 3.43. The van der Waals surface area contributed by atoms with Crippen molar-refractivity contribution in [1.29, 1.82) is 0 Å². The molecule has 3 aromatic heterocycles. The number of nitrogens with one attached hydrogen (secondary N) is 1. The molecule has 29 heavy (non-hydrogen) atoms. The minimum atomic E-state index is 0.468. The van der Waals surface area contributed by atoms with Crippen LogP contribution in [0.3, 0.4) is 0 Å². The molecule has 0 spiro atoms. The fourth-order valence-electron chi connectivity index (χ4n) is 4.80. The quantitative estimate of drug-likeness (QED) is 0.520. The molecule has 1 saturated heterocycles. The van der Waals surface area contributed by atoms with Crippen molar-refractivity contribution in [3.05, 3.63) is 54.9 Å². The third-order valence-corrected chi connectivity index (χ3v) is 6.13. The van der Waals surface area contributed by atoms with Gasteiger partial charge in [0.1, 0.15) is 24.1 Å². The van der Waals surface area contributed by atoms with Crippen LogP contribution in [0.15, 0.2) is 49.2 Å². The summed E-state index contributed by atoms with van der Waals surface area (Å²) >= 11 is 0. The lowest BCUT2D eigenvalue weighted by molar-refractivity contribution is 0.442. The molecule has 6 heteroatoms. The minimum absolute atomic E-state index is 0.468. The topological polar surface area (TPSA) is 70.6 Å². The van der Waals surface area contributed by atoms with Gasteiger partial charge in [-0.05, 0) is 37.3 Å². The predicted molar refractivity (Wildman–Crippen MR) is 116 cm³/mol. The van der Waals surface area contributed by atoms with Crippen LogP contribution >= 0.6 is 0 Å². The molecule has 0 saturated carbocycles. The minimum Gasteiger partial charge on any atom is -0.356 e. The molecule has 0 amide bonds. The van der Waals surface area contributed by atoms with Gasteiger partial charge in [0, 0.05) is 30.6 Å². The van der Waals surface area contributed by atoms with Gasteiger partial charge in [-0.1, -0.05) is 31.5 Å². The van der Waals surface area contributed by atoms with Crippen LogP contribution in [-0.4, -0.2) is 38.0 Å². The maximum Gasteiger partial charge on any atom is 0.142 e. The fourth-order valence-corrected chi connectivity index (χ4v) is 4.80. The number of rotatable bonds is 6. The monoisotopic (exact) mass is 386 g/mol. The van der Waals surface area contributed by atoms with Gasteiger partial charge in [-0.2, -0.15) is 0 Å². The van der Waals surface area contributed by atoms with Crippen LogP contribution in [0.2, 0.25) is 0 Å². The number of benzene rings is 1. The summed E-state index contributed by atoms with van der Waals surface area (Å²) in [6, 6.07) is 10.5. The Balaban J connectivity index is 1.37. The highest BCUT2D eigenvalue weighted by Gasteiger charge is 2.28. The molecular weight excluding hydrogens is 360 g/mol. The highest BCUT2D eigenvalue weighted by atomic mass is 15.2. The Kier molecular flexibility index (Phi) is 4.84. The highest BCUT2D eigenvalue weighted by molar-refractivity contribution is 5.87. The van der Waals surface area contributed by atoms with Gasteiger partial charge in [0.05, 0.1) is 16.6 Å². The Morgan fingerprint density at radius 1 is 1.07 bits per heavy atom. The molecule has 0 radical (unpaired) electrons. The number of H-pyrrole nitrogens is 1. The zero-order chi connectivity index (χ0) is 19.6. The predicted octanol–water partition coefficient (Wildman–Crippen LogP) is 4.70. The second-order valence-corrected chi connectivity index (χ2v) is 8.04. The zero-order valence-corrected chi connectivity index (χ0v) is 16.8. The molecule has 1 N–H and O–H groups in total. The van der Waals surface area contributed by atoms with Crippen LogP contribution in [0.5, 0.6) is 0 Å². The van der Waals surface area contributed by atoms with Gasteiger partial charge < -0.3 is 9.88 Å². The number of anilines is 1. The summed E-state index contributed by atoms with van der Waals surface area (Å²) in [6.45, 7) is 4.35. The summed E-state index contributed by atoms with van der Waals surface area (Å²) in [5.41, 5.74) is 3.17. The maximum atomic E-state index is 4.73. The van der Waals surface area contributed by atoms with Crippen molar-refractivity contribution >= 4 is 27.8 Å². The average Bonchev–Trinajstić information content (AvgIpc) is 3.42. The van der Waals surface area contributed by atoms with Crippen LogP contribution in [0, 0.1) is 5.92 Å². The van der Waals surface area contributed by atoms with Gasteiger partial charge in [-0.3, -0.25) is 0 Å². The molecule has 148 valence electrons. The molecule has 2 unspecified atom stereocenters. The second kappa shape index (κ2) is 7.78. The van der Waals surface area contributed by atoms with Gasteiger partial charge in [-0.15, -0.1) is 0 Å². The Labute approximate surface area is 170 Å². The van der Waals surface area contributed by atoms with Gasteiger partial charge in [-0.25, -0.2) is 19.9 Å². The molecule has 6 nitrogen and oxygen atoms in total. The van der Waals surface area contributed by atoms with E-state index < -0.39 is 0 Å². The van der Waals surface area contributed by atoms with Crippen molar-refractivity contribution in [1.82, 2.24) is 24.9 Å². The van der Waals surface area contributed by atoms with Gasteiger partial charge in [0.15, 0.2) is 0 Å². The summed E-state index contributed by atoms with van der Waals surface area (Å²) in [5, 5.41) is 2.31. The fraction of sp³-hybridized carbons (Fsp3) is 0.391. The molecule has 5 rings (SSSR count). The van der Waals surface area contributed by atoms with E-state index in [0.717, 1.165) is 54.7 Å². The first-order chi connectivity index (χ1) is 14.3. The summed E-state index contributed by atoms with van der Waals surface area (Å²) < 4.78 is 0. The highest BCUT2D eigenvalue weighted by Crippen LogP contribution is 2.36. The largest absolute Gasteiger partial charge is 0.356 e. The Morgan fingerprint density at radius 3 is 2.90 bits per heavy atom. The normalized spacial score (nSPS) is 18.0. The maximum absolute atomic E-state index is 4.73. The van der Waals surface area contributed by atoms with Crippen LogP contribution < -0.4 is 4.90 Å². The zero-order valence-electron chi connectivity index (χ0n) is 16.8. The number of hydrogen-bond acceptors (Lipinski definition) is 5. The molecule has 4 aromatic rings. The second-order valence-electron chi connectivity index (χ2n) is 8.04. The molecule has 1 aliphatic rings. The molecular formula is C23H26N6. The summed E-state index contributed by atoms with van der Waals surface area (Å²) in [6.07, 6.45) is 10.0. The van der Waals surface area contributed by atoms with Crippen molar-refractivity contribution in [3.63, 3.8) is 0 Å². The summed E-state index contributed by atoms with van der Waals surface area (Å²) in [5.74, 6) is 2.16. The van der Waals surface area contributed by atoms with E-state index in [2.05, 4.69) is 56.0 Å². The van der Waals surface area contributed by atoms with Crippen LogP contribution in [0.1, 0.15) is 44.2 Å². The Morgan fingerprint density at radius 2 is 1.97 bits per heavy atom. The van der Waals surface area contributed by atoms with Crippen LogP contribution in [-0.2, 0) is 0 Å². The first-order valence-corrected chi connectivity index (χ1v) is 10.6. The molecule has 1 aromatic carbocycles. The number of nitrogens with zero attached hydrogens (tertiary/aromatic N) is 5. The Bertz CT molecular complexity index is 1120. The average molecular weight is 387 g/mol. The van der Waals surface area contributed by atoms with E-state index in [0.29, 0.717) is 11.8 Å². The summed E-state index contributed by atoms with van der Waals surface area (Å²) in [4.78, 5) is 23.7. The number of para-hydroxylation sites is 1. The van der Waals surface area contributed by atoms with Crippen molar-refractivity contribution in [3.8, 4) is 0 Å². The smallest absolute Gasteiger partial charge is 0.142 e. The number of aromatic nitrogens is 5. The van der Waals surface area contributed by atoms with Gasteiger partial charge >= 0.3 is 0 Å². The molecule has 1 aliphatic heterocycles. The van der Waals surface area contributed by atoms with Gasteiger partial charge in [0.25, 0.3) is 0 Å². The molecule has 1 fully saturated rings. The molecule has 2 atom stereocenters. The molecule has 0 aliphatic carbocycles. The number of fused-ring (bicyclic) bond motifs is 2. The Hall–Kier alpha value is -3.02. The van der Waals surface area contributed by atoms with E-state index >= 15 is 0 Å². The van der Waals surface area contributed by atoms with E-state index in [1.54, 1.807) is 12.7 Å². The van der Waals surface area contributed by atoms with Crippen molar-refractivity contribution in [2.24, 2.45) is 5.92 Å². The number of hydrogen-bond donors (Lipinski definition) is 1. The first-order valence-electron chi connectivity index (χ1n) is 10.6. The van der Waals surface area contributed by atoms with E-state index in [1.807, 2.05) is 12.3 Å². The molecule has 0 bridgehead atoms. The van der Waals surface area contributed by atoms with Crippen molar-refractivity contribution < 1.29 is 0 Å². The van der Waals surface area contributed by atoms with Crippen LogP contribution in [0.25, 0.3) is 21.9 Å². The molecule has 4 heterocycles. The van der Waals surface area contributed by atoms with Crippen molar-refractivity contribution in [2.75, 3.05) is 18.0 Å².